The Morgan fingerprint density at radius 3 is 2.52 bits per heavy atom. The standard InChI is InChI=1S/C24H32O4S/c1-14(25)29-19-13-15-12-16(26)4-8-22(15,2)17-5-9-23(3)18(21(17)19)6-10-24(23)11-7-20(27)28-24/h12,17-19,21H,4-11,13H2,1-3H3/t17-,18-,19+,21-,22-,23-,24+/m0/s1. The Balaban J connectivity index is 1.56. The van der Waals surface area contributed by atoms with Gasteiger partial charge in [-0.15, -0.1) is 0 Å². The van der Waals surface area contributed by atoms with Gasteiger partial charge >= 0.3 is 5.97 Å². The van der Waals surface area contributed by atoms with E-state index >= 15 is 0 Å². The molecular weight excluding hydrogens is 384 g/mol. The summed E-state index contributed by atoms with van der Waals surface area (Å²) in [5, 5.41) is 0.409. The van der Waals surface area contributed by atoms with Crippen LogP contribution in [-0.4, -0.2) is 27.7 Å². The predicted molar refractivity (Wildman–Crippen MR) is 112 cm³/mol. The van der Waals surface area contributed by atoms with Crippen molar-refractivity contribution in [3.05, 3.63) is 11.6 Å². The molecule has 0 unspecified atom stereocenters. The molecule has 1 saturated heterocycles. The molecule has 4 fully saturated rings. The number of hydrogen-bond donors (Lipinski definition) is 0. The van der Waals surface area contributed by atoms with Crippen molar-refractivity contribution in [1.29, 1.82) is 0 Å². The molecule has 5 aliphatic rings. The third-order valence-electron chi connectivity index (χ3n) is 9.61. The van der Waals surface area contributed by atoms with Crippen LogP contribution in [0, 0.1) is 28.6 Å². The van der Waals surface area contributed by atoms with E-state index in [4.69, 9.17) is 4.74 Å². The number of ketones is 1. The normalized spacial score (nSPS) is 48.6. The van der Waals surface area contributed by atoms with E-state index in [1.807, 2.05) is 6.08 Å². The highest BCUT2D eigenvalue weighted by molar-refractivity contribution is 8.14. The van der Waals surface area contributed by atoms with Crippen molar-refractivity contribution < 1.29 is 19.1 Å². The Kier molecular flexibility index (Phi) is 4.41. The number of esters is 1. The third kappa shape index (κ3) is 2.68. The summed E-state index contributed by atoms with van der Waals surface area (Å²) in [6.07, 6.45) is 10.0. The molecule has 1 heterocycles. The summed E-state index contributed by atoms with van der Waals surface area (Å²) in [5.74, 6) is 1.67. The van der Waals surface area contributed by atoms with Gasteiger partial charge in [-0.2, -0.15) is 0 Å². The molecule has 29 heavy (non-hydrogen) atoms. The van der Waals surface area contributed by atoms with Gasteiger partial charge in [0.15, 0.2) is 10.9 Å². The largest absolute Gasteiger partial charge is 0.458 e. The maximum atomic E-state index is 12.2. The number of carbonyl (C=O) groups is 3. The van der Waals surface area contributed by atoms with Crippen LogP contribution >= 0.6 is 11.8 Å². The highest BCUT2D eigenvalue weighted by Gasteiger charge is 2.68. The number of hydrogen-bond acceptors (Lipinski definition) is 5. The van der Waals surface area contributed by atoms with Gasteiger partial charge < -0.3 is 4.74 Å². The maximum Gasteiger partial charge on any atom is 0.306 e. The van der Waals surface area contributed by atoms with E-state index < -0.39 is 0 Å². The van der Waals surface area contributed by atoms with Crippen LogP contribution in [0.25, 0.3) is 0 Å². The molecule has 4 nitrogen and oxygen atoms in total. The second kappa shape index (κ2) is 6.45. The van der Waals surface area contributed by atoms with Crippen LogP contribution in [0.5, 0.6) is 0 Å². The van der Waals surface area contributed by atoms with Gasteiger partial charge in [-0.3, -0.25) is 14.4 Å². The van der Waals surface area contributed by atoms with Gasteiger partial charge in [0.25, 0.3) is 0 Å². The SMILES string of the molecule is CC(=O)S[C@@H]1CC2=CC(=O)CC[C@]2(C)[C@H]2CC[C@@]3(C)[C@@H](CC[C@@]34CCC(=O)O4)[C@@H]12. The molecule has 5 heteroatoms. The third-order valence-corrected chi connectivity index (χ3v) is 10.7. The summed E-state index contributed by atoms with van der Waals surface area (Å²) >= 11 is 1.50. The highest BCUT2D eigenvalue weighted by Crippen LogP contribution is 2.70. The molecule has 0 radical (unpaired) electrons. The lowest BCUT2D eigenvalue weighted by Crippen LogP contribution is -2.57. The Hall–Kier alpha value is -1.10. The molecule has 7 atom stereocenters. The fourth-order valence-corrected chi connectivity index (χ4v) is 9.36. The second-order valence-corrected chi connectivity index (χ2v) is 12.1. The molecular formula is C24H32O4S. The van der Waals surface area contributed by atoms with Gasteiger partial charge in [0.05, 0.1) is 0 Å². The molecule has 158 valence electrons. The quantitative estimate of drug-likeness (QED) is 0.572. The first-order valence-electron chi connectivity index (χ1n) is 11.3. The lowest BCUT2D eigenvalue weighted by molar-refractivity contribution is -0.167. The number of allylic oxidation sites excluding steroid dienone is 1. The average Bonchev–Trinajstić information content (AvgIpc) is 3.17. The second-order valence-electron chi connectivity index (χ2n) is 10.7. The van der Waals surface area contributed by atoms with E-state index in [9.17, 15) is 14.4 Å². The summed E-state index contributed by atoms with van der Waals surface area (Å²) in [6, 6.07) is 0. The van der Waals surface area contributed by atoms with Crippen LogP contribution in [0.2, 0.25) is 0 Å². The van der Waals surface area contributed by atoms with Gasteiger partial charge in [-0.05, 0) is 74.2 Å². The first-order chi connectivity index (χ1) is 13.7. The molecule has 0 N–H and O–H groups in total. The summed E-state index contributed by atoms with van der Waals surface area (Å²) < 4.78 is 6.06. The van der Waals surface area contributed by atoms with Crippen LogP contribution in [0.4, 0.5) is 0 Å². The summed E-state index contributed by atoms with van der Waals surface area (Å²) in [6.45, 7) is 6.42. The molecule has 1 aliphatic heterocycles. The zero-order chi connectivity index (χ0) is 20.6. The molecule has 4 aliphatic carbocycles. The monoisotopic (exact) mass is 416 g/mol. The zero-order valence-corrected chi connectivity index (χ0v) is 18.6. The van der Waals surface area contributed by atoms with Crippen molar-refractivity contribution >= 4 is 28.6 Å². The van der Waals surface area contributed by atoms with Crippen LogP contribution < -0.4 is 0 Å². The molecule has 0 aromatic rings. The Labute approximate surface area is 177 Å². The summed E-state index contributed by atoms with van der Waals surface area (Å²) in [4.78, 5) is 36.4. The minimum absolute atomic E-state index is 0.0119. The average molecular weight is 417 g/mol. The minimum Gasteiger partial charge on any atom is -0.458 e. The Morgan fingerprint density at radius 2 is 1.83 bits per heavy atom. The van der Waals surface area contributed by atoms with Crippen LogP contribution in [-0.2, 0) is 19.1 Å². The fourth-order valence-electron chi connectivity index (χ4n) is 8.13. The number of thioether (sulfide) groups is 1. The first kappa shape index (κ1) is 19.8. The van der Waals surface area contributed by atoms with Crippen LogP contribution in [0.3, 0.4) is 0 Å². The van der Waals surface area contributed by atoms with Crippen molar-refractivity contribution in [3.63, 3.8) is 0 Å². The van der Waals surface area contributed by atoms with Gasteiger partial charge in [0.1, 0.15) is 5.60 Å². The molecule has 0 amide bonds. The number of carbonyl (C=O) groups excluding carboxylic acids is 3. The minimum atomic E-state index is -0.287. The Morgan fingerprint density at radius 1 is 1.07 bits per heavy atom. The van der Waals surface area contributed by atoms with Gasteiger partial charge in [-0.25, -0.2) is 0 Å². The number of rotatable bonds is 1. The van der Waals surface area contributed by atoms with Crippen molar-refractivity contribution in [2.24, 2.45) is 28.6 Å². The fraction of sp³-hybridized carbons (Fsp3) is 0.792. The van der Waals surface area contributed by atoms with E-state index in [1.54, 1.807) is 6.92 Å². The number of fused-ring (bicyclic) bond motifs is 6. The summed E-state index contributed by atoms with van der Waals surface area (Å²) in [5.41, 5.74) is 1.09. The topological polar surface area (TPSA) is 60.4 Å². The van der Waals surface area contributed by atoms with Gasteiger partial charge in [0, 0.05) is 30.4 Å². The molecule has 1 spiro atoms. The number of ether oxygens (including phenoxy) is 1. The first-order valence-corrected chi connectivity index (χ1v) is 12.2. The molecule has 0 aromatic heterocycles. The van der Waals surface area contributed by atoms with Crippen molar-refractivity contribution in [3.8, 4) is 0 Å². The highest BCUT2D eigenvalue weighted by atomic mass is 32.2. The van der Waals surface area contributed by atoms with Crippen molar-refractivity contribution in [2.75, 3.05) is 0 Å². The molecule has 0 aromatic carbocycles. The van der Waals surface area contributed by atoms with Crippen molar-refractivity contribution in [2.45, 2.75) is 89.4 Å². The predicted octanol–water partition coefficient (Wildman–Crippen LogP) is 4.85. The van der Waals surface area contributed by atoms with E-state index in [0.29, 0.717) is 30.6 Å². The molecule has 3 saturated carbocycles. The lowest BCUT2D eigenvalue weighted by Gasteiger charge is -2.61. The van der Waals surface area contributed by atoms with Crippen LogP contribution in [0.1, 0.15) is 78.6 Å². The van der Waals surface area contributed by atoms with Gasteiger partial charge in [-0.1, -0.05) is 31.2 Å². The molecule has 5 rings (SSSR count). The van der Waals surface area contributed by atoms with Gasteiger partial charge in [0.2, 0.25) is 0 Å². The van der Waals surface area contributed by atoms with Crippen molar-refractivity contribution in [1.82, 2.24) is 0 Å². The van der Waals surface area contributed by atoms with E-state index in [2.05, 4.69) is 13.8 Å². The van der Waals surface area contributed by atoms with Crippen LogP contribution in [0.15, 0.2) is 11.6 Å². The molecule has 0 bridgehead atoms. The lowest BCUT2D eigenvalue weighted by atomic mass is 9.46. The van der Waals surface area contributed by atoms with E-state index in [0.717, 1.165) is 44.9 Å². The Bertz CT molecular complexity index is 818. The smallest absolute Gasteiger partial charge is 0.306 e. The maximum absolute atomic E-state index is 12.2. The summed E-state index contributed by atoms with van der Waals surface area (Å²) in [7, 11) is 0. The zero-order valence-electron chi connectivity index (χ0n) is 17.8. The van der Waals surface area contributed by atoms with E-state index in [1.165, 1.54) is 17.3 Å². The van der Waals surface area contributed by atoms with E-state index in [-0.39, 0.29) is 38.5 Å².